The molecule has 2 aromatic rings. The van der Waals surface area contributed by atoms with E-state index in [1.807, 2.05) is 18.2 Å². The molecule has 2 rings (SSSR count). The quantitative estimate of drug-likeness (QED) is 0.304. The molecule has 1 atom stereocenters. The molecule has 0 saturated carbocycles. The van der Waals surface area contributed by atoms with E-state index in [9.17, 15) is 8.42 Å². The summed E-state index contributed by atoms with van der Waals surface area (Å²) in [5.41, 5.74) is 1.24. The summed E-state index contributed by atoms with van der Waals surface area (Å²) in [5.74, 6) is 0.920. The lowest BCUT2D eigenvalue weighted by Gasteiger charge is -2.16. The van der Waals surface area contributed by atoms with E-state index in [0.717, 1.165) is 4.47 Å². The summed E-state index contributed by atoms with van der Waals surface area (Å²) in [7, 11) is -1.65. The first-order valence-corrected chi connectivity index (χ1v) is 10.8. The van der Waals surface area contributed by atoms with Gasteiger partial charge in [-0.15, -0.1) is 24.0 Å². The summed E-state index contributed by atoms with van der Waals surface area (Å²) in [4.78, 5) is 4.47. The van der Waals surface area contributed by atoms with Crippen LogP contribution in [-0.2, 0) is 9.84 Å². The van der Waals surface area contributed by atoms with Gasteiger partial charge in [0.05, 0.1) is 10.6 Å². The zero-order chi connectivity index (χ0) is 19.0. The summed E-state index contributed by atoms with van der Waals surface area (Å²) < 4.78 is 25.6. The highest BCUT2D eigenvalue weighted by atomic mass is 127. The second kappa shape index (κ2) is 11.7. The summed E-state index contributed by atoms with van der Waals surface area (Å²) in [6, 6.07) is 16.9. The second-order valence-electron chi connectivity index (χ2n) is 5.96. The van der Waals surface area contributed by atoms with Crippen LogP contribution in [0.25, 0.3) is 0 Å². The van der Waals surface area contributed by atoms with Gasteiger partial charge in [-0.2, -0.15) is 0 Å². The van der Waals surface area contributed by atoms with Crippen LogP contribution in [0.3, 0.4) is 0 Å². The number of aliphatic imine (C=N–C) groups is 1. The summed E-state index contributed by atoms with van der Waals surface area (Å²) in [5, 5.41) is 6.30. The van der Waals surface area contributed by atoms with E-state index >= 15 is 0 Å². The van der Waals surface area contributed by atoms with Crippen LogP contribution in [0.5, 0.6) is 0 Å². The third kappa shape index (κ3) is 7.79. The maximum atomic E-state index is 12.3. The topological polar surface area (TPSA) is 70.6 Å². The number of sulfone groups is 1. The molecule has 2 N–H and O–H groups in total. The molecule has 0 saturated heterocycles. The Morgan fingerprint density at radius 2 is 1.70 bits per heavy atom. The molecular weight excluding hydrogens is 541 g/mol. The lowest BCUT2D eigenvalue weighted by molar-refractivity contribution is 0.594. The first-order chi connectivity index (χ1) is 12.4. The van der Waals surface area contributed by atoms with Crippen LogP contribution >= 0.6 is 39.9 Å². The number of halogens is 2. The average molecular weight is 566 g/mol. The van der Waals surface area contributed by atoms with E-state index in [-0.39, 0.29) is 36.3 Å². The van der Waals surface area contributed by atoms with E-state index in [1.54, 1.807) is 31.3 Å². The lowest BCUT2D eigenvalue weighted by atomic mass is 10.0. The number of rotatable bonds is 7. The normalized spacial score (nSPS) is 12.8. The summed E-state index contributed by atoms with van der Waals surface area (Å²) in [6.45, 7) is 3.13. The van der Waals surface area contributed by atoms with Crippen molar-refractivity contribution in [1.29, 1.82) is 0 Å². The average Bonchev–Trinajstić information content (AvgIpc) is 2.65. The maximum Gasteiger partial charge on any atom is 0.191 e. The molecule has 0 aromatic heterocycles. The zero-order valence-electron chi connectivity index (χ0n) is 15.4. The van der Waals surface area contributed by atoms with E-state index in [1.165, 1.54) is 5.56 Å². The highest BCUT2D eigenvalue weighted by Gasteiger charge is 2.14. The molecule has 148 valence electrons. The van der Waals surface area contributed by atoms with Crippen molar-refractivity contribution in [2.24, 2.45) is 4.99 Å². The maximum absolute atomic E-state index is 12.3. The van der Waals surface area contributed by atoms with Gasteiger partial charge in [-0.25, -0.2) is 8.42 Å². The molecule has 0 amide bonds. The van der Waals surface area contributed by atoms with Crippen LogP contribution in [0.1, 0.15) is 18.4 Å². The number of hydrogen-bond acceptors (Lipinski definition) is 3. The molecule has 27 heavy (non-hydrogen) atoms. The second-order valence-corrected chi connectivity index (χ2v) is 8.99. The SMILES string of the molecule is CN=C(NCCS(=O)(=O)c1ccc(Br)cc1)NCC(C)c1ccccc1.I. The van der Waals surface area contributed by atoms with E-state index in [0.29, 0.717) is 23.3 Å². The van der Waals surface area contributed by atoms with E-state index in [4.69, 9.17) is 0 Å². The fourth-order valence-electron chi connectivity index (χ4n) is 2.43. The first kappa shape index (κ1) is 23.9. The Balaban J connectivity index is 0.00000364. The molecule has 0 spiro atoms. The van der Waals surface area contributed by atoms with Gasteiger partial charge < -0.3 is 10.6 Å². The monoisotopic (exact) mass is 565 g/mol. The highest BCUT2D eigenvalue weighted by Crippen LogP contribution is 2.15. The summed E-state index contributed by atoms with van der Waals surface area (Å²) >= 11 is 3.31. The molecule has 0 radical (unpaired) electrons. The Morgan fingerprint density at radius 1 is 1.07 bits per heavy atom. The van der Waals surface area contributed by atoms with Gasteiger partial charge in [0, 0.05) is 24.6 Å². The van der Waals surface area contributed by atoms with Crippen molar-refractivity contribution in [1.82, 2.24) is 10.6 Å². The Kier molecular flexibility index (Phi) is 10.3. The minimum atomic E-state index is -3.32. The Bertz CT molecular complexity index is 828. The zero-order valence-corrected chi connectivity index (χ0v) is 20.1. The molecule has 0 heterocycles. The van der Waals surface area contributed by atoms with Crippen molar-refractivity contribution in [2.75, 3.05) is 25.9 Å². The van der Waals surface area contributed by atoms with Crippen LogP contribution < -0.4 is 10.6 Å². The van der Waals surface area contributed by atoms with Crippen LogP contribution in [0.15, 0.2) is 69.0 Å². The van der Waals surface area contributed by atoms with Gasteiger partial charge in [-0.1, -0.05) is 53.2 Å². The van der Waals surface area contributed by atoms with Gasteiger partial charge in [0.25, 0.3) is 0 Å². The van der Waals surface area contributed by atoms with Gasteiger partial charge in [-0.05, 0) is 35.7 Å². The van der Waals surface area contributed by atoms with Crippen molar-refractivity contribution in [3.05, 3.63) is 64.6 Å². The molecule has 0 aliphatic carbocycles. The first-order valence-electron chi connectivity index (χ1n) is 8.40. The van der Waals surface area contributed by atoms with Gasteiger partial charge in [0.1, 0.15) is 0 Å². The van der Waals surface area contributed by atoms with Crippen molar-refractivity contribution >= 4 is 55.7 Å². The standard InChI is InChI=1S/C19H24BrN3O2S.HI/c1-15(16-6-4-3-5-7-16)14-23-19(21-2)22-12-13-26(24,25)18-10-8-17(20)9-11-18;/h3-11,15H,12-14H2,1-2H3,(H2,21,22,23);1H. The number of guanidine groups is 1. The van der Waals surface area contributed by atoms with Gasteiger partial charge >= 0.3 is 0 Å². The van der Waals surface area contributed by atoms with Crippen molar-refractivity contribution in [2.45, 2.75) is 17.7 Å². The summed E-state index contributed by atoms with van der Waals surface area (Å²) in [6.07, 6.45) is 0. The Labute approximate surface area is 187 Å². The largest absolute Gasteiger partial charge is 0.356 e. The predicted octanol–water partition coefficient (Wildman–Crippen LogP) is 3.81. The minimum Gasteiger partial charge on any atom is -0.356 e. The third-order valence-corrected chi connectivity index (χ3v) is 6.26. The van der Waals surface area contributed by atoms with Crippen LogP contribution in [0, 0.1) is 0 Å². The van der Waals surface area contributed by atoms with Gasteiger partial charge in [0.15, 0.2) is 15.8 Å². The molecule has 0 aliphatic heterocycles. The van der Waals surface area contributed by atoms with Crippen LogP contribution in [0.2, 0.25) is 0 Å². The van der Waals surface area contributed by atoms with Crippen LogP contribution in [-0.4, -0.2) is 40.3 Å². The van der Waals surface area contributed by atoms with Gasteiger partial charge in [0.2, 0.25) is 0 Å². The molecule has 8 heteroatoms. The molecule has 5 nitrogen and oxygen atoms in total. The Morgan fingerprint density at radius 3 is 2.30 bits per heavy atom. The van der Waals surface area contributed by atoms with Crippen molar-refractivity contribution in [3.8, 4) is 0 Å². The number of nitrogens with one attached hydrogen (secondary N) is 2. The van der Waals surface area contributed by atoms with E-state index in [2.05, 4.69) is 50.6 Å². The number of benzene rings is 2. The molecule has 0 bridgehead atoms. The van der Waals surface area contributed by atoms with Crippen LogP contribution in [0.4, 0.5) is 0 Å². The third-order valence-electron chi connectivity index (χ3n) is 4.00. The van der Waals surface area contributed by atoms with E-state index < -0.39 is 9.84 Å². The highest BCUT2D eigenvalue weighted by molar-refractivity contribution is 14.0. The predicted molar refractivity (Wildman–Crippen MR) is 126 cm³/mol. The number of nitrogens with zero attached hydrogens (tertiary/aromatic N) is 1. The molecule has 2 aromatic carbocycles. The van der Waals surface area contributed by atoms with Crippen molar-refractivity contribution in [3.63, 3.8) is 0 Å². The molecule has 0 fully saturated rings. The minimum absolute atomic E-state index is 0. The number of hydrogen-bond donors (Lipinski definition) is 2. The van der Waals surface area contributed by atoms with Crippen molar-refractivity contribution < 1.29 is 8.42 Å². The lowest BCUT2D eigenvalue weighted by Crippen LogP contribution is -2.41. The Hall–Kier alpha value is -1.13. The fourth-order valence-corrected chi connectivity index (χ4v) is 3.85. The molecule has 0 aliphatic rings. The molecule has 1 unspecified atom stereocenters. The van der Waals surface area contributed by atoms with Gasteiger partial charge in [-0.3, -0.25) is 4.99 Å². The smallest absolute Gasteiger partial charge is 0.191 e. The molecular formula is C19H25BrIN3O2S. The fraction of sp³-hybridized carbons (Fsp3) is 0.316.